The summed E-state index contributed by atoms with van der Waals surface area (Å²) in [7, 11) is 1.69. The number of thioether (sulfide) groups is 1. The van der Waals surface area contributed by atoms with Crippen LogP contribution in [0.4, 0.5) is 0 Å². The van der Waals surface area contributed by atoms with E-state index in [2.05, 4.69) is 10.2 Å². The smallest absolute Gasteiger partial charge is 0.262 e. The van der Waals surface area contributed by atoms with Gasteiger partial charge in [0.15, 0.2) is 5.16 Å². The molecule has 5 nitrogen and oxygen atoms in total. The number of halogens is 1. The zero-order chi connectivity index (χ0) is 12.9. The van der Waals surface area contributed by atoms with Crippen molar-refractivity contribution in [2.75, 3.05) is 6.26 Å². The monoisotopic (exact) mass is 280 g/mol. The van der Waals surface area contributed by atoms with Gasteiger partial charge < -0.3 is 0 Å². The third-order valence-corrected chi connectivity index (χ3v) is 3.70. The highest BCUT2D eigenvalue weighted by atomic mass is 35.5. The molecule has 7 heteroatoms. The molecule has 1 aromatic carbocycles. The van der Waals surface area contributed by atoms with E-state index in [1.54, 1.807) is 25.2 Å². The summed E-state index contributed by atoms with van der Waals surface area (Å²) in [6, 6.07) is 5.19. The van der Waals surface area contributed by atoms with Crippen LogP contribution >= 0.6 is 23.4 Å². The first-order valence-corrected chi connectivity index (χ1v) is 6.81. The van der Waals surface area contributed by atoms with Crippen LogP contribution in [0.5, 0.6) is 0 Å². The molecule has 2 aromatic heterocycles. The Morgan fingerprint density at radius 2 is 2.11 bits per heavy atom. The van der Waals surface area contributed by atoms with E-state index >= 15 is 0 Å². The van der Waals surface area contributed by atoms with Gasteiger partial charge in [-0.05, 0) is 24.5 Å². The molecule has 0 amide bonds. The molecule has 0 fully saturated rings. The molecule has 18 heavy (non-hydrogen) atoms. The van der Waals surface area contributed by atoms with Crippen molar-refractivity contribution in [2.24, 2.45) is 7.05 Å². The van der Waals surface area contributed by atoms with Crippen molar-refractivity contribution in [2.45, 2.75) is 5.16 Å². The number of benzene rings is 1. The Balaban J connectivity index is 2.68. The minimum atomic E-state index is -0.103. The fourth-order valence-electron chi connectivity index (χ4n) is 1.96. The first-order chi connectivity index (χ1) is 8.63. The van der Waals surface area contributed by atoms with E-state index in [1.165, 1.54) is 16.3 Å². The summed E-state index contributed by atoms with van der Waals surface area (Å²) in [6.45, 7) is 0. The minimum absolute atomic E-state index is 0.103. The quantitative estimate of drug-likeness (QED) is 0.640. The topological polar surface area (TPSA) is 52.2 Å². The van der Waals surface area contributed by atoms with Gasteiger partial charge in [0.25, 0.3) is 5.56 Å². The minimum Gasteiger partial charge on any atom is -0.279 e. The van der Waals surface area contributed by atoms with Crippen LogP contribution in [0.1, 0.15) is 0 Å². The predicted molar refractivity (Wildman–Crippen MR) is 72.5 cm³/mol. The molecule has 2 heterocycles. The number of hydrogen-bond donors (Lipinski definition) is 0. The van der Waals surface area contributed by atoms with E-state index in [4.69, 9.17) is 11.6 Å². The molecule has 92 valence electrons. The highest BCUT2D eigenvalue weighted by Gasteiger charge is 2.14. The Morgan fingerprint density at radius 3 is 2.83 bits per heavy atom. The third-order valence-electron chi connectivity index (χ3n) is 2.83. The van der Waals surface area contributed by atoms with E-state index in [1.807, 2.05) is 10.7 Å². The van der Waals surface area contributed by atoms with Gasteiger partial charge in [-0.15, -0.1) is 10.2 Å². The van der Waals surface area contributed by atoms with Crippen LogP contribution in [0.3, 0.4) is 0 Å². The van der Waals surface area contributed by atoms with E-state index in [0.29, 0.717) is 16.2 Å². The molecule has 0 saturated carbocycles. The Labute approximate surface area is 111 Å². The summed E-state index contributed by atoms with van der Waals surface area (Å²) in [5.74, 6) is 0.513. The molecule has 0 aliphatic carbocycles. The summed E-state index contributed by atoms with van der Waals surface area (Å²) in [5, 5.41) is 10.0. The molecule has 0 unspecified atom stereocenters. The zero-order valence-electron chi connectivity index (χ0n) is 9.72. The van der Waals surface area contributed by atoms with Crippen LogP contribution in [0.25, 0.3) is 16.7 Å². The largest absolute Gasteiger partial charge is 0.279 e. The van der Waals surface area contributed by atoms with Crippen LogP contribution < -0.4 is 5.56 Å². The van der Waals surface area contributed by atoms with Crippen LogP contribution in [0.15, 0.2) is 28.2 Å². The van der Waals surface area contributed by atoms with E-state index in [0.717, 1.165) is 10.7 Å². The highest BCUT2D eigenvalue weighted by molar-refractivity contribution is 7.98. The van der Waals surface area contributed by atoms with Crippen LogP contribution in [-0.2, 0) is 7.05 Å². The summed E-state index contributed by atoms with van der Waals surface area (Å²) in [5.41, 5.74) is 0.629. The molecular formula is C11H9ClN4OS. The second-order valence-corrected chi connectivity index (χ2v) is 5.06. The first kappa shape index (κ1) is 11.6. The number of aryl methyl sites for hydroxylation is 1. The average Bonchev–Trinajstić information content (AvgIpc) is 2.79. The lowest BCUT2D eigenvalue weighted by molar-refractivity contribution is 0.854. The molecule has 0 radical (unpaired) electrons. The van der Waals surface area contributed by atoms with Crippen LogP contribution in [0, 0.1) is 0 Å². The van der Waals surface area contributed by atoms with Crippen LogP contribution in [-0.4, -0.2) is 25.4 Å². The Morgan fingerprint density at radius 1 is 1.33 bits per heavy atom. The lowest BCUT2D eigenvalue weighted by atomic mass is 10.2. The lowest BCUT2D eigenvalue weighted by Gasteiger charge is -2.07. The average molecular weight is 281 g/mol. The zero-order valence-corrected chi connectivity index (χ0v) is 11.3. The molecule has 0 spiro atoms. The van der Waals surface area contributed by atoms with Crippen LogP contribution in [0.2, 0.25) is 5.02 Å². The second kappa shape index (κ2) is 4.00. The Hall–Kier alpha value is -1.53. The van der Waals surface area contributed by atoms with Crippen molar-refractivity contribution in [3.8, 4) is 0 Å². The summed E-state index contributed by atoms with van der Waals surface area (Å²) < 4.78 is 3.33. The van der Waals surface area contributed by atoms with Crippen molar-refractivity contribution in [3.05, 3.63) is 33.6 Å². The lowest BCUT2D eigenvalue weighted by Crippen LogP contribution is -2.20. The van der Waals surface area contributed by atoms with Gasteiger partial charge >= 0.3 is 0 Å². The maximum absolute atomic E-state index is 12.2. The Kier molecular flexibility index (Phi) is 2.57. The molecule has 0 bridgehead atoms. The van der Waals surface area contributed by atoms with Gasteiger partial charge in [0, 0.05) is 12.1 Å². The second-order valence-electron chi connectivity index (χ2n) is 3.85. The number of rotatable bonds is 1. The molecule has 3 rings (SSSR count). The van der Waals surface area contributed by atoms with Gasteiger partial charge in [0.1, 0.15) is 0 Å². The van der Waals surface area contributed by atoms with Crippen molar-refractivity contribution in [1.82, 2.24) is 19.2 Å². The van der Waals surface area contributed by atoms with E-state index in [-0.39, 0.29) is 5.56 Å². The summed E-state index contributed by atoms with van der Waals surface area (Å²) >= 11 is 7.48. The van der Waals surface area contributed by atoms with Crippen molar-refractivity contribution in [3.63, 3.8) is 0 Å². The molecule has 0 N–H and O–H groups in total. The fourth-order valence-corrected chi connectivity index (χ4v) is 2.62. The highest BCUT2D eigenvalue weighted by Crippen LogP contribution is 2.21. The normalized spacial score (nSPS) is 11.5. The van der Waals surface area contributed by atoms with E-state index < -0.39 is 0 Å². The predicted octanol–water partition coefficient (Wildman–Crippen LogP) is 1.96. The van der Waals surface area contributed by atoms with Gasteiger partial charge in [-0.1, -0.05) is 23.4 Å². The molecule has 3 aromatic rings. The van der Waals surface area contributed by atoms with Crippen molar-refractivity contribution in [1.29, 1.82) is 0 Å². The van der Waals surface area contributed by atoms with Gasteiger partial charge in [-0.3, -0.25) is 13.8 Å². The maximum Gasteiger partial charge on any atom is 0.262 e. The summed E-state index contributed by atoms with van der Waals surface area (Å²) in [4.78, 5) is 12.2. The first-order valence-electron chi connectivity index (χ1n) is 5.21. The number of hydrogen-bond acceptors (Lipinski definition) is 4. The maximum atomic E-state index is 12.2. The van der Waals surface area contributed by atoms with E-state index in [9.17, 15) is 4.79 Å². The molecule has 0 aliphatic rings. The number of aromatic nitrogens is 4. The third kappa shape index (κ3) is 1.46. The number of nitrogens with zero attached hydrogens (tertiary/aromatic N) is 4. The van der Waals surface area contributed by atoms with Gasteiger partial charge in [0.2, 0.25) is 5.78 Å². The summed E-state index contributed by atoms with van der Waals surface area (Å²) in [6.07, 6.45) is 1.91. The molecule has 0 saturated heterocycles. The van der Waals surface area contributed by atoms with Gasteiger partial charge in [-0.2, -0.15) is 0 Å². The SMILES string of the molecule is CSc1nnc2n(C)c(=O)c3ccc(Cl)cc3n12. The van der Waals surface area contributed by atoms with Crippen molar-refractivity contribution >= 4 is 40.0 Å². The number of fused-ring (bicyclic) bond motifs is 3. The standard InChI is InChI=1S/C11H9ClN4OS/c1-15-9(17)7-4-3-6(12)5-8(7)16-10(15)13-14-11(16)18-2/h3-5H,1-2H3. The van der Waals surface area contributed by atoms with Gasteiger partial charge in [0.05, 0.1) is 10.9 Å². The molecule has 0 atom stereocenters. The van der Waals surface area contributed by atoms with Gasteiger partial charge in [-0.25, -0.2) is 0 Å². The van der Waals surface area contributed by atoms with Crippen molar-refractivity contribution < 1.29 is 0 Å². The fraction of sp³-hybridized carbons (Fsp3) is 0.182. The molecular weight excluding hydrogens is 272 g/mol. The Bertz CT molecular complexity index is 823. The molecule has 0 aliphatic heterocycles.